The maximum absolute atomic E-state index is 12.4. The zero-order valence-electron chi connectivity index (χ0n) is 12.2. The minimum absolute atomic E-state index is 0.0965. The quantitative estimate of drug-likeness (QED) is 0.811. The first kappa shape index (κ1) is 13.5. The van der Waals surface area contributed by atoms with Gasteiger partial charge in [0, 0.05) is 23.8 Å². The number of nitrogens with one attached hydrogen (secondary N) is 2. The van der Waals surface area contributed by atoms with E-state index in [-0.39, 0.29) is 5.91 Å². The van der Waals surface area contributed by atoms with Gasteiger partial charge in [-0.1, -0.05) is 19.8 Å². The molecule has 0 saturated heterocycles. The molecule has 1 aromatic rings. The lowest BCUT2D eigenvalue weighted by atomic mass is 10.0. The van der Waals surface area contributed by atoms with Crippen molar-refractivity contribution < 1.29 is 4.79 Å². The molecule has 3 heteroatoms. The number of benzene rings is 1. The third-order valence-electron chi connectivity index (χ3n) is 4.67. The monoisotopic (exact) mass is 272 g/mol. The Morgan fingerprint density at radius 2 is 2.15 bits per heavy atom. The predicted molar refractivity (Wildman–Crippen MR) is 82.1 cm³/mol. The molecular formula is C17H24N2O. The Morgan fingerprint density at radius 1 is 1.25 bits per heavy atom. The minimum atomic E-state index is 0.0965. The van der Waals surface area contributed by atoms with Gasteiger partial charge in [0.2, 0.25) is 0 Å². The highest BCUT2D eigenvalue weighted by molar-refractivity contribution is 5.95. The summed E-state index contributed by atoms with van der Waals surface area (Å²) < 4.78 is 0. The molecule has 0 radical (unpaired) electrons. The van der Waals surface area contributed by atoms with Gasteiger partial charge in [0.1, 0.15) is 0 Å². The fourth-order valence-electron chi connectivity index (χ4n) is 3.35. The van der Waals surface area contributed by atoms with Crippen LogP contribution in [-0.4, -0.2) is 18.5 Å². The Hall–Kier alpha value is -1.51. The van der Waals surface area contributed by atoms with Gasteiger partial charge in [0.05, 0.1) is 0 Å². The normalized spacial score (nSPS) is 25.4. The zero-order chi connectivity index (χ0) is 13.9. The summed E-state index contributed by atoms with van der Waals surface area (Å²) in [5.41, 5.74) is 3.27. The molecule has 1 saturated carbocycles. The molecule has 1 amide bonds. The van der Waals surface area contributed by atoms with Crippen molar-refractivity contribution in [1.82, 2.24) is 5.32 Å². The molecule has 1 fully saturated rings. The summed E-state index contributed by atoms with van der Waals surface area (Å²) in [6.45, 7) is 3.30. The van der Waals surface area contributed by atoms with E-state index in [1.54, 1.807) is 0 Å². The molecule has 3 rings (SSSR count). The molecule has 20 heavy (non-hydrogen) atoms. The third kappa shape index (κ3) is 2.97. The number of hydrogen-bond acceptors (Lipinski definition) is 2. The molecule has 0 bridgehead atoms. The fourth-order valence-corrected chi connectivity index (χ4v) is 3.35. The summed E-state index contributed by atoms with van der Waals surface area (Å²) in [5.74, 6) is 0.905. The van der Waals surface area contributed by atoms with Crippen molar-refractivity contribution in [3.8, 4) is 0 Å². The number of carbonyl (C=O) groups is 1. The number of fused-ring (bicyclic) bond motifs is 1. The van der Waals surface area contributed by atoms with E-state index in [9.17, 15) is 4.79 Å². The van der Waals surface area contributed by atoms with E-state index in [1.807, 2.05) is 18.2 Å². The first-order valence-electron chi connectivity index (χ1n) is 7.90. The molecule has 1 heterocycles. The Bertz CT molecular complexity index is 498. The second-order valence-electron chi connectivity index (χ2n) is 6.33. The van der Waals surface area contributed by atoms with Gasteiger partial charge in [-0.05, 0) is 55.4 Å². The molecule has 1 aromatic carbocycles. The summed E-state index contributed by atoms with van der Waals surface area (Å²) in [7, 11) is 0. The van der Waals surface area contributed by atoms with E-state index in [0.29, 0.717) is 6.04 Å². The van der Waals surface area contributed by atoms with Gasteiger partial charge in [-0.3, -0.25) is 4.79 Å². The summed E-state index contributed by atoms with van der Waals surface area (Å²) in [4.78, 5) is 12.4. The van der Waals surface area contributed by atoms with Gasteiger partial charge in [-0.2, -0.15) is 0 Å². The van der Waals surface area contributed by atoms with E-state index in [1.165, 1.54) is 30.5 Å². The molecule has 1 aliphatic carbocycles. The Balaban J connectivity index is 1.64. The standard InChI is InChI=1S/C17H24N2O/c1-12-3-2-4-15(7-5-12)19-17(20)14-6-8-16-13(11-14)9-10-18-16/h6,8,11-12,15,18H,2-5,7,9-10H2,1H3,(H,19,20). The van der Waals surface area contributed by atoms with Crippen molar-refractivity contribution in [2.45, 2.75) is 51.5 Å². The molecule has 2 N–H and O–H groups in total. The lowest BCUT2D eigenvalue weighted by Gasteiger charge is -2.16. The van der Waals surface area contributed by atoms with Crippen molar-refractivity contribution >= 4 is 11.6 Å². The summed E-state index contributed by atoms with van der Waals surface area (Å²) in [5, 5.41) is 6.56. The van der Waals surface area contributed by atoms with E-state index in [2.05, 4.69) is 17.6 Å². The largest absolute Gasteiger partial charge is 0.384 e. The van der Waals surface area contributed by atoms with Crippen LogP contribution in [-0.2, 0) is 6.42 Å². The lowest BCUT2D eigenvalue weighted by Crippen LogP contribution is -2.34. The average molecular weight is 272 g/mol. The van der Waals surface area contributed by atoms with E-state index in [4.69, 9.17) is 0 Å². The number of carbonyl (C=O) groups excluding carboxylic acids is 1. The van der Waals surface area contributed by atoms with Crippen LogP contribution in [0.1, 0.15) is 54.9 Å². The number of rotatable bonds is 2. The molecular weight excluding hydrogens is 248 g/mol. The third-order valence-corrected chi connectivity index (χ3v) is 4.67. The fraction of sp³-hybridized carbons (Fsp3) is 0.588. The van der Waals surface area contributed by atoms with Crippen LogP contribution in [0.4, 0.5) is 5.69 Å². The van der Waals surface area contributed by atoms with E-state index in [0.717, 1.165) is 37.3 Å². The first-order chi connectivity index (χ1) is 9.72. The highest BCUT2D eigenvalue weighted by Crippen LogP contribution is 2.25. The Labute approximate surface area is 121 Å². The predicted octanol–water partition coefficient (Wildman–Crippen LogP) is 3.35. The van der Waals surface area contributed by atoms with Crippen LogP contribution in [0, 0.1) is 5.92 Å². The Morgan fingerprint density at radius 3 is 3.05 bits per heavy atom. The van der Waals surface area contributed by atoms with Gasteiger partial charge in [-0.15, -0.1) is 0 Å². The molecule has 2 aliphatic rings. The van der Waals surface area contributed by atoms with Crippen LogP contribution in [0.2, 0.25) is 0 Å². The van der Waals surface area contributed by atoms with Gasteiger partial charge in [-0.25, -0.2) is 0 Å². The number of amides is 1. The smallest absolute Gasteiger partial charge is 0.251 e. The SMILES string of the molecule is CC1CCCC(NC(=O)c2ccc3c(c2)CCN3)CC1. The number of anilines is 1. The van der Waals surface area contributed by atoms with Crippen molar-refractivity contribution in [2.75, 3.05) is 11.9 Å². The second-order valence-corrected chi connectivity index (χ2v) is 6.33. The Kier molecular flexibility index (Phi) is 3.95. The molecule has 108 valence electrons. The zero-order valence-corrected chi connectivity index (χ0v) is 12.2. The first-order valence-corrected chi connectivity index (χ1v) is 7.90. The van der Waals surface area contributed by atoms with Crippen molar-refractivity contribution in [3.05, 3.63) is 29.3 Å². The molecule has 3 nitrogen and oxygen atoms in total. The van der Waals surface area contributed by atoms with Gasteiger partial charge in [0.25, 0.3) is 5.91 Å². The summed E-state index contributed by atoms with van der Waals surface area (Å²) in [6.07, 6.45) is 7.05. The van der Waals surface area contributed by atoms with Crippen LogP contribution < -0.4 is 10.6 Å². The highest BCUT2D eigenvalue weighted by atomic mass is 16.1. The van der Waals surface area contributed by atoms with Crippen LogP contribution >= 0.6 is 0 Å². The summed E-state index contributed by atoms with van der Waals surface area (Å²) >= 11 is 0. The maximum atomic E-state index is 12.4. The van der Waals surface area contributed by atoms with Crippen molar-refractivity contribution in [1.29, 1.82) is 0 Å². The van der Waals surface area contributed by atoms with Crippen molar-refractivity contribution in [3.63, 3.8) is 0 Å². The molecule has 0 aromatic heterocycles. The molecule has 2 unspecified atom stereocenters. The van der Waals surface area contributed by atoms with Gasteiger partial charge < -0.3 is 10.6 Å². The van der Waals surface area contributed by atoms with Crippen LogP contribution in [0.15, 0.2) is 18.2 Å². The number of hydrogen-bond donors (Lipinski definition) is 2. The van der Waals surface area contributed by atoms with Crippen LogP contribution in [0.5, 0.6) is 0 Å². The van der Waals surface area contributed by atoms with Crippen LogP contribution in [0.3, 0.4) is 0 Å². The van der Waals surface area contributed by atoms with Crippen molar-refractivity contribution in [2.24, 2.45) is 5.92 Å². The highest BCUT2D eigenvalue weighted by Gasteiger charge is 2.19. The van der Waals surface area contributed by atoms with E-state index < -0.39 is 0 Å². The minimum Gasteiger partial charge on any atom is -0.384 e. The van der Waals surface area contributed by atoms with E-state index >= 15 is 0 Å². The topological polar surface area (TPSA) is 41.1 Å². The lowest BCUT2D eigenvalue weighted by molar-refractivity contribution is 0.0933. The average Bonchev–Trinajstić information content (AvgIpc) is 2.82. The molecule has 1 aliphatic heterocycles. The van der Waals surface area contributed by atoms with Crippen LogP contribution in [0.25, 0.3) is 0 Å². The molecule has 2 atom stereocenters. The second kappa shape index (κ2) is 5.86. The summed E-state index contributed by atoms with van der Waals surface area (Å²) in [6, 6.07) is 6.38. The molecule has 0 spiro atoms. The van der Waals surface area contributed by atoms with Gasteiger partial charge in [0.15, 0.2) is 0 Å². The van der Waals surface area contributed by atoms with Gasteiger partial charge >= 0.3 is 0 Å². The maximum Gasteiger partial charge on any atom is 0.251 e.